The van der Waals surface area contributed by atoms with Crippen molar-refractivity contribution in [1.29, 1.82) is 0 Å². The summed E-state index contributed by atoms with van der Waals surface area (Å²) in [5, 5.41) is 26.2. The number of fused-ring (bicyclic) bond motifs is 5. The van der Waals surface area contributed by atoms with Crippen molar-refractivity contribution in [2.45, 2.75) is 115 Å². The van der Waals surface area contributed by atoms with Gasteiger partial charge in [-0.15, -0.1) is 0 Å². The quantitative estimate of drug-likeness (QED) is 0.0802. The Morgan fingerprint density at radius 1 is 0.780 bits per heavy atom. The van der Waals surface area contributed by atoms with Gasteiger partial charge >= 0.3 is 17.9 Å². The van der Waals surface area contributed by atoms with E-state index in [0.29, 0.717) is 24.5 Å². The zero-order valence-electron chi connectivity index (χ0n) is 34.0. The summed E-state index contributed by atoms with van der Waals surface area (Å²) in [5.74, 6) is -7.29. The van der Waals surface area contributed by atoms with E-state index in [1.54, 1.807) is 6.92 Å². The molecule has 0 unspecified atom stereocenters. The number of halogens is 4. The summed E-state index contributed by atoms with van der Waals surface area (Å²) in [6.45, 7) is 10.2. The number of hydrogen-bond acceptors (Lipinski definition) is 9. The van der Waals surface area contributed by atoms with Crippen LogP contribution in [0.25, 0.3) is 12.2 Å². The Balaban J connectivity index is 1.34. The summed E-state index contributed by atoms with van der Waals surface area (Å²) in [4.78, 5) is 54.1. The summed E-state index contributed by atoms with van der Waals surface area (Å²) in [6.07, 6.45) is 6.04. The van der Waals surface area contributed by atoms with E-state index < -0.39 is 92.7 Å². The molecule has 0 amide bonds. The van der Waals surface area contributed by atoms with Crippen LogP contribution >= 0.6 is 0 Å². The van der Waals surface area contributed by atoms with E-state index in [0.717, 1.165) is 54.1 Å². The Bertz CT molecular complexity index is 2140. The second-order valence-electron chi connectivity index (χ2n) is 17.3. The number of rotatable bonds is 10. The highest BCUT2D eigenvalue weighted by atomic mass is 19.1. The molecule has 0 bridgehead atoms. The van der Waals surface area contributed by atoms with Crippen molar-refractivity contribution in [3.63, 3.8) is 0 Å². The molecular formula is C46H50F4O9. The molecule has 8 atom stereocenters. The molecule has 3 saturated carbocycles. The molecule has 2 N–H and O–H groups in total. The molecule has 316 valence electrons. The summed E-state index contributed by atoms with van der Waals surface area (Å²) in [7, 11) is 0. The fraction of sp³-hybridized carbons (Fsp3) is 0.478. The maximum Gasteiger partial charge on any atom is 0.331 e. The molecule has 3 fully saturated rings. The van der Waals surface area contributed by atoms with Gasteiger partial charge in [-0.2, -0.15) is 0 Å². The molecule has 6 rings (SSSR count). The van der Waals surface area contributed by atoms with E-state index in [1.165, 1.54) is 26.0 Å². The lowest BCUT2D eigenvalue weighted by Gasteiger charge is -2.67. The predicted molar refractivity (Wildman–Crippen MR) is 209 cm³/mol. The van der Waals surface area contributed by atoms with Crippen molar-refractivity contribution >= 4 is 35.8 Å². The lowest BCUT2D eigenvalue weighted by molar-refractivity contribution is -0.315. The molecule has 13 heteroatoms. The lowest BCUT2D eigenvalue weighted by atomic mass is 9.42. The Labute approximate surface area is 340 Å². The molecule has 2 aromatic carbocycles. The largest absolute Gasteiger partial charge is 0.459 e. The van der Waals surface area contributed by atoms with Crippen LogP contribution in [-0.2, 0) is 33.4 Å². The van der Waals surface area contributed by atoms with Crippen LogP contribution < -0.4 is 0 Å². The first-order valence-electron chi connectivity index (χ1n) is 19.8. The van der Waals surface area contributed by atoms with Crippen LogP contribution in [0.1, 0.15) is 97.6 Å². The van der Waals surface area contributed by atoms with Crippen molar-refractivity contribution < 1.29 is 61.2 Å². The van der Waals surface area contributed by atoms with Gasteiger partial charge in [-0.25, -0.2) is 31.9 Å². The van der Waals surface area contributed by atoms with Crippen molar-refractivity contribution in [3.8, 4) is 0 Å². The van der Waals surface area contributed by atoms with Gasteiger partial charge in [0.25, 0.3) is 0 Å². The molecule has 4 aliphatic rings. The average molecular weight is 823 g/mol. The van der Waals surface area contributed by atoms with Crippen LogP contribution in [0, 0.1) is 45.9 Å². The number of benzene rings is 2. The van der Waals surface area contributed by atoms with E-state index in [2.05, 4.69) is 0 Å². The Morgan fingerprint density at radius 2 is 1.34 bits per heavy atom. The number of esters is 3. The van der Waals surface area contributed by atoms with Crippen molar-refractivity contribution in [3.05, 3.63) is 106 Å². The molecular weight excluding hydrogens is 772 g/mol. The predicted octanol–water partition coefficient (Wildman–Crippen LogP) is 8.07. The van der Waals surface area contributed by atoms with Crippen LogP contribution in [0.2, 0.25) is 0 Å². The third kappa shape index (κ3) is 7.72. The smallest absolute Gasteiger partial charge is 0.331 e. The Hall–Kier alpha value is -4.88. The number of allylic oxidation sites excluding steroid dienone is 1. The fourth-order valence-electron chi connectivity index (χ4n) is 10.3. The van der Waals surface area contributed by atoms with Gasteiger partial charge in [0.1, 0.15) is 46.7 Å². The summed E-state index contributed by atoms with van der Waals surface area (Å²) in [5.41, 5.74) is -7.26. The third-order valence-electron chi connectivity index (χ3n) is 13.8. The van der Waals surface area contributed by atoms with Gasteiger partial charge in [0.15, 0.2) is 11.4 Å². The summed E-state index contributed by atoms with van der Waals surface area (Å²) < 4.78 is 73.1. The van der Waals surface area contributed by atoms with Gasteiger partial charge in [-0.1, -0.05) is 38.0 Å². The van der Waals surface area contributed by atoms with Gasteiger partial charge in [-0.05, 0) is 118 Å². The monoisotopic (exact) mass is 822 g/mol. The number of hydrogen-bond donors (Lipinski definition) is 2. The van der Waals surface area contributed by atoms with E-state index >= 15 is 0 Å². The van der Waals surface area contributed by atoms with Crippen LogP contribution in [-0.4, -0.2) is 62.9 Å². The second-order valence-corrected chi connectivity index (χ2v) is 17.3. The van der Waals surface area contributed by atoms with Crippen LogP contribution in [0.15, 0.2) is 71.8 Å². The number of carbonyl (C=O) groups excluding carboxylic acids is 4. The highest BCUT2D eigenvalue weighted by molar-refractivity contribution is 5.94. The van der Waals surface area contributed by atoms with Crippen molar-refractivity contribution in [2.24, 2.45) is 22.7 Å². The fourth-order valence-corrected chi connectivity index (χ4v) is 10.3. The summed E-state index contributed by atoms with van der Waals surface area (Å²) in [6, 6.07) is 5.55. The highest BCUT2D eigenvalue weighted by Gasteiger charge is 2.83. The van der Waals surface area contributed by atoms with E-state index in [1.807, 2.05) is 26.8 Å². The third-order valence-corrected chi connectivity index (χ3v) is 13.8. The maximum atomic E-state index is 14.0. The van der Waals surface area contributed by atoms with Gasteiger partial charge in [0.05, 0.1) is 5.41 Å². The number of ketones is 1. The molecule has 2 aromatic rings. The van der Waals surface area contributed by atoms with Gasteiger partial charge in [-0.3, -0.25) is 4.79 Å². The number of aliphatic hydroxyl groups is 2. The molecule has 0 radical (unpaired) electrons. The van der Waals surface area contributed by atoms with Crippen LogP contribution in [0.5, 0.6) is 0 Å². The van der Waals surface area contributed by atoms with E-state index in [4.69, 9.17) is 14.2 Å². The zero-order chi connectivity index (χ0) is 43.3. The Kier molecular flexibility index (Phi) is 11.8. The van der Waals surface area contributed by atoms with E-state index in [-0.39, 0.29) is 49.1 Å². The first-order chi connectivity index (χ1) is 27.6. The number of ether oxygens (including phenoxy) is 3. The van der Waals surface area contributed by atoms with Crippen molar-refractivity contribution in [1.82, 2.24) is 0 Å². The second kappa shape index (κ2) is 15.9. The maximum absolute atomic E-state index is 14.0. The Morgan fingerprint density at radius 3 is 1.88 bits per heavy atom. The standard InChI is InChI=1S/C46H50F4O9/c1-26(2)27(3)17-41(54)58-38-25-37-42(5)13-12-36(57-39(52)9-7-29-18-32(47)23-33(48)19-29)22-31(42)11-14-44(37,55)46(56)16-15-45(28(4)51,43(38,46)6)59-40(53)10-8-30-20-34(49)24-35(50)21-30/h7-11,17-21,23-24,26,36-38,55-56H,12-16,22,25H2,1-6H3/b9-7+,10-8+,27-17+/t36-,37+,38+,42-,43+,44-,45+,46+/m0/s1. The molecule has 0 saturated heterocycles. The van der Waals surface area contributed by atoms with Crippen molar-refractivity contribution in [2.75, 3.05) is 0 Å². The molecule has 0 aliphatic heterocycles. The molecule has 59 heavy (non-hydrogen) atoms. The van der Waals surface area contributed by atoms with E-state index in [9.17, 15) is 47.0 Å². The minimum atomic E-state index is -2.18. The van der Waals surface area contributed by atoms with Gasteiger partial charge < -0.3 is 24.4 Å². The minimum Gasteiger partial charge on any atom is -0.459 e. The van der Waals surface area contributed by atoms with Gasteiger partial charge in [0, 0.05) is 42.7 Å². The number of carbonyl (C=O) groups is 4. The van der Waals surface area contributed by atoms with Crippen LogP contribution in [0.3, 0.4) is 0 Å². The summed E-state index contributed by atoms with van der Waals surface area (Å²) >= 11 is 0. The molecule has 4 aliphatic carbocycles. The zero-order valence-corrected chi connectivity index (χ0v) is 34.0. The molecule has 0 heterocycles. The highest BCUT2D eigenvalue weighted by Crippen LogP contribution is 2.71. The normalized spacial score (nSPS) is 32.9. The van der Waals surface area contributed by atoms with Gasteiger partial charge in [0.2, 0.25) is 0 Å². The first kappa shape index (κ1) is 43.7. The number of Topliss-reactive ketones (excluding diaryl/α,β-unsaturated/α-hetero) is 1. The van der Waals surface area contributed by atoms with Crippen LogP contribution in [0.4, 0.5) is 17.6 Å². The minimum absolute atomic E-state index is 0.0114. The molecule has 0 spiro atoms. The average Bonchev–Trinajstić information content (AvgIpc) is 3.39. The molecule has 9 nitrogen and oxygen atoms in total. The topological polar surface area (TPSA) is 136 Å². The SMILES string of the molecule is CC(=O)[C@]1(OC(=O)/C=C/c2cc(F)cc(F)c2)CC[C@@]2(O)[C@]1(C)[C@H](OC(=O)/C=C(\C)C(C)C)C[C@@H]1[C@@]3(C)CC[C@H](OC(=O)/C=C/c4cc(F)cc(F)c4)CC3=CC[C@]12O. The first-order valence-corrected chi connectivity index (χ1v) is 19.8. The molecule has 0 aromatic heterocycles. The lowest BCUT2D eigenvalue weighted by Crippen LogP contribution is -2.78.